The predicted octanol–water partition coefficient (Wildman–Crippen LogP) is 1.52. The van der Waals surface area contributed by atoms with Crippen molar-refractivity contribution >= 4 is 22.4 Å². The van der Waals surface area contributed by atoms with E-state index in [1.807, 2.05) is 0 Å². The van der Waals surface area contributed by atoms with E-state index in [9.17, 15) is 4.79 Å². The standard InChI is InChI=1S/C10H8N2O2/c11-9-3-1-2-6-7(9)4-12-5-8(6)10(13)14/h1-5H,11H2,(H,13,14). The third-order valence-corrected chi connectivity index (χ3v) is 2.07. The van der Waals surface area contributed by atoms with Gasteiger partial charge in [0.1, 0.15) is 0 Å². The fourth-order valence-corrected chi connectivity index (χ4v) is 1.39. The van der Waals surface area contributed by atoms with Gasteiger partial charge in [0, 0.05) is 28.9 Å². The summed E-state index contributed by atoms with van der Waals surface area (Å²) < 4.78 is 0. The summed E-state index contributed by atoms with van der Waals surface area (Å²) in [4.78, 5) is 14.7. The highest BCUT2D eigenvalue weighted by Gasteiger charge is 2.09. The maximum atomic E-state index is 10.8. The number of aromatic carboxylic acids is 1. The first kappa shape index (κ1) is 8.50. The lowest BCUT2D eigenvalue weighted by Crippen LogP contribution is -1.99. The molecule has 1 aromatic heterocycles. The zero-order chi connectivity index (χ0) is 10.1. The average molecular weight is 188 g/mol. The Hall–Kier alpha value is -2.10. The number of nitrogens with zero attached hydrogens (tertiary/aromatic N) is 1. The molecule has 0 aliphatic carbocycles. The fourth-order valence-electron chi connectivity index (χ4n) is 1.39. The number of anilines is 1. The van der Waals surface area contributed by atoms with Crippen LogP contribution >= 0.6 is 0 Å². The average Bonchev–Trinajstić information content (AvgIpc) is 2.17. The highest BCUT2D eigenvalue weighted by molar-refractivity contribution is 6.06. The second kappa shape index (κ2) is 2.99. The lowest BCUT2D eigenvalue weighted by atomic mass is 10.1. The van der Waals surface area contributed by atoms with Gasteiger partial charge in [-0.2, -0.15) is 0 Å². The molecule has 2 rings (SSSR count). The van der Waals surface area contributed by atoms with Crippen molar-refractivity contribution in [2.45, 2.75) is 0 Å². The third kappa shape index (κ3) is 1.17. The highest BCUT2D eigenvalue weighted by atomic mass is 16.4. The second-order valence-electron chi connectivity index (χ2n) is 2.93. The van der Waals surface area contributed by atoms with Crippen molar-refractivity contribution in [2.75, 3.05) is 5.73 Å². The van der Waals surface area contributed by atoms with Gasteiger partial charge in [0.05, 0.1) is 5.56 Å². The lowest BCUT2D eigenvalue weighted by Gasteiger charge is -2.03. The Morgan fingerprint density at radius 2 is 2.07 bits per heavy atom. The number of hydrogen-bond donors (Lipinski definition) is 2. The number of carboxylic acids is 1. The van der Waals surface area contributed by atoms with Crippen molar-refractivity contribution in [3.63, 3.8) is 0 Å². The Balaban J connectivity index is 2.88. The molecule has 0 aliphatic heterocycles. The molecule has 70 valence electrons. The summed E-state index contributed by atoms with van der Waals surface area (Å²) in [5.41, 5.74) is 6.41. The topological polar surface area (TPSA) is 76.2 Å². The normalized spacial score (nSPS) is 10.3. The van der Waals surface area contributed by atoms with E-state index < -0.39 is 5.97 Å². The van der Waals surface area contributed by atoms with Gasteiger partial charge in [0.25, 0.3) is 0 Å². The molecule has 0 radical (unpaired) electrons. The highest BCUT2D eigenvalue weighted by Crippen LogP contribution is 2.22. The minimum atomic E-state index is -0.992. The van der Waals surface area contributed by atoms with Crippen LogP contribution in [-0.4, -0.2) is 16.1 Å². The van der Waals surface area contributed by atoms with Gasteiger partial charge in [-0.05, 0) is 6.07 Å². The molecule has 0 bridgehead atoms. The molecule has 0 amide bonds. The van der Waals surface area contributed by atoms with Gasteiger partial charge >= 0.3 is 5.97 Å². The molecular formula is C10H8N2O2. The van der Waals surface area contributed by atoms with Crippen molar-refractivity contribution in [1.29, 1.82) is 0 Å². The van der Waals surface area contributed by atoms with Gasteiger partial charge in [0.2, 0.25) is 0 Å². The van der Waals surface area contributed by atoms with Crippen LogP contribution < -0.4 is 5.73 Å². The van der Waals surface area contributed by atoms with E-state index in [0.29, 0.717) is 16.5 Å². The van der Waals surface area contributed by atoms with E-state index in [1.54, 1.807) is 24.4 Å². The molecule has 0 unspecified atom stereocenters. The van der Waals surface area contributed by atoms with E-state index in [1.165, 1.54) is 6.20 Å². The predicted molar refractivity (Wildman–Crippen MR) is 53.1 cm³/mol. The minimum Gasteiger partial charge on any atom is -0.478 e. The summed E-state index contributed by atoms with van der Waals surface area (Å²) in [5, 5.41) is 10.2. The van der Waals surface area contributed by atoms with Gasteiger partial charge < -0.3 is 10.8 Å². The summed E-state index contributed by atoms with van der Waals surface area (Å²) in [5.74, 6) is -0.992. The molecule has 2 aromatic rings. The monoisotopic (exact) mass is 188 g/mol. The maximum Gasteiger partial charge on any atom is 0.337 e. The van der Waals surface area contributed by atoms with E-state index in [0.717, 1.165) is 0 Å². The number of hydrogen-bond acceptors (Lipinski definition) is 3. The Labute approximate surface area is 80.0 Å². The van der Waals surface area contributed by atoms with Gasteiger partial charge in [-0.15, -0.1) is 0 Å². The van der Waals surface area contributed by atoms with Crippen LogP contribution in [0.3, 0.4) is 0 Å². The van der Waals surface area contributed by atoms with E-state index >= 15 is 0 Å². The second-order valence-corrected chi connectivity index (χ2v) is 2.93. The van der Waals surface area contributed by atoms with Crippen molar-refractivity contribution < 1.29 is 9.90 Å². The smallest absolute Gasteiger partial charge is 0.337 e. The summed E-state index contributed by atoms with van der Waals surface area (Å²) in [6.07, 6.45) is 2.89. The summed E-state index contributed by atoms with van der Waals surface area (Å²) >= 11 is 0. The van der Waals surface area contributed by atoms with Gasteiger partial charge in [0.15, 0.2) is 0 Å². The minimum absolute atomic E-state index is 0.176. The Morgan fingerprint density at radius 3 is 2.79 bits per heavy atom. The molecule has 4 heteroatoms. The largest absolute Gasteiger partial charge is 0.478 e. The molecule has 14 heavy (non-hydrogen) atoms. The molecule has 0 saturated carbocycles. The number of carbonyl (C=O) groups is 1. The van der Waals surface area contributed by atoms with Gasteiger partial charge in [-0.1, -0.05) is 12.1 Å². The summed E-state index contributed by atoms with van der Waals surface area (Å²) in [6.45, 7) is 0. The summed E-state index contributed by atoms with van der Waals surface area (Å²) in [6, 6.07) is 5.16. The molecule has 4 nitrogen and oxygen atoms in total. The van der Waals surface area contributed by atoms with Crippen molar-refractivity contribution in [3.8, 4) is 0 Å². The Bertz CT molecular complexity index is 508. The van der Waals surface area contributed by atoms with Crippen molar-refractivity contribution in [3.05, 3.63) is 36.2 Å². The van der Waals surface area contributed by atoms with E-state index in [2.05, 4.69) is 4.98 Å². The molecule has 0 saturated heterocycles. The molecule has 3 N–H and O–H groups in total. The molecule has 1 heterocycles. The zero-order valence-corrected chi connectivity index (χ0v) is 7.27. The fraction of sp³-hybridized carbons (Fsp3) is 0. The molecule has 0 aliphatic rings. The van der Waals surface area contributed by atoms with E-state index in [4.69, 9.17) is 10.8 Å². The number of rotatable bonds is 1. The molecular weight excluding hydrogens is 180 g/mol. The van der Waals surface area contributed by atoms with Crippen LogP contribution in [0.15, 0.2) is 30.6 Å². The van der Waals surface area contributed by atoms with Crippen molar-refractivity contribution in [1.82, 2.24) is 4.98 Å². The van der Waals surface area contributed by atoms with Crippen LogP contribution in [0.1, 0.15) is 10.4 Å². The van der Waals surface area contributed by atoms with Crippen LogP contribution in [0.25, 0.3) is 10.8 Å². The quantitative estimate of drug-likeness (QED) is 0.665. The van der Waals surface area contributed by atoms with Crippen LogP contribution in [0, 0.1) is 0 Å². The Morgan fingerprint density at radius 1 is 1.29 bits per heavy atom. The first-order valence-corrected chi connectivity index (χ1v) is 4.05. The number of nitrogen functional groups attached to an aromatic ring is 1. The summed E-state index contributed by atoms with van der Waals surface area (Å²) in [7, 11) is 0. The van der Waals surface area contributed by atoms with Crippen LogP contribution in [0.5, 0.6) is 0 Å². The molecule has 0 spiro atoms. The lowest BCUT2D eigenvalue weighted by molar-refractivity contribution is 0.0698. The zero-order valence-electron chi connectivity index (χ0n) is 7.27. The van der Waals surface area contributed by atoms with Crippen molar-refractivity contribution in [2.24, 2.45) is 0 Å². The van der Waals surface area contributed by atoms with E-state index in [-0.39, 0.29) is 5.56 Å². The van der Waals surface area contributed by atoms with Gasteiger partial charge in [-0.25, -0.2) is 4.79 Å². The number of fused-ring (bicyclic) bond motifs is 1. The number of aromatic nitrogens is 1. The molecule has 0 atom stereocenters. The number of benzene rings is 1. The SMILES string of the molecule is Nc1cccc2c(C(=O)O)cncc12. The maximum absolute atomic E-state index is 10.8. The van der Waals surface area contributed by atoms with Crippen LogP contribution in [0.2, 0.25) is 0 Å². The first-order chi connectivity index (χ1) is 6.70. The number of nitrogens with two attached hydrogens (primary N) is 1. The first-order valence-electron chi connectivity index (χ1n) is 4.05. The Kier molecular flexibility index (Phi) is 1.81. The molecule has 1 aromatic carbocycles. The van der Waals surface area contributed by atoms with Gasteiger partial charge in [-0.3, -0.25) is 4.98 Å². The van der Waals surface area contributed by atoms with Crippen LogP contribution in [-0.2, 0) is 0 Å². The number of pyridine rings is 1. The molecule has 0 fully saturated rings. The third-order valence-electron chi connectivity index (χ3n) is 2.07. The number of carboxylic acid groups (broad SMARTS) is 1. The van der Waals surface area contributed by atoms with Crippen LogP contribution in [0.4, 0.5) is 5.69 Å².